The molecular formula is C14H23ClN2. The molecule has 96 valence electrons. The van der Waals surface area contributed by atoms with Crippen LogP contribution >= 0.6 is 11.6 Å². The molecule has 1 N–H and O–H groups in total. The molecule has 17 heavy (non-hydrogen) atoms. The number of benzene rings is 1. The highest BCUT2D eigenvalue weighted by Crippen LogP contribution is 2.28. The number of hydrogen-bond acceptors (Lipinski definition) is 2. The zero-order valence-corrected chi connectivity index (χ0v) is 12.2. The molecule has 0 aliphatic rings. The average molecular weight is 255 g/mol. The molecule has 0 bridgehead atoms. The number of hydrogen-bond donors (Lipinski definition) is 1. The van der Waals surface area contributed by atoms with Crippen molar-refractivity contribution in [3.63, 3.8) is 0 Å². The van der Waals surface area contributed by atoms with E-state index in [1.807, 2.05) is 31.1 Å². The standard InChI is InChI=1S/C14H23ClN2/c1-6-10(2)11(3)16-12-7-8-14(17(4)5)13(15)9-12/h7-11,16H,6H2,1-5H3. The van der Waals surface area contributed by atoms with E-state index < -0.39 is 0 Å². The summed E-state index contributed by atoms with van der Waals surface area (Å²) in [5.74, 6) is 0.655. The van der Waals surface area contributed by atoms with Crippen LogP contribution in [0.1, 0.15) is 27.2 Å². The number of nitrogens with zero attached hydrogens (tertiary/aromatic N) is 1. The zero-order valence-electron chi connectivity index (χ0n) is 11.4. The second-order valence-corrected chi connectivity index (χ2v) is 5.29. The number of anilines is 2. The van der Waals surface area contributed by atoms with Crippen LogP contribution in [0.3, 0.4) is 0 Å². The zero-order chi connectivity index (χ0) is 13.0. The lowest BCUT2D eigenvalue weighted by molar-refractivity contribution is 0.494. The highest BCUT2D eigenvalue weighted by Gasteiger charge is 2.10. The molecule has 0 saturated carbocycles. The molecule has 0 heterocycles. The summed E-state index contributed by atoms with van der Waals surface area (Å²) >= 11 is 6.24. The minimum Gasteiger partial charge on any atom is -0.382 e. The Labute approximate surface area is 110 Å². The van der Waals surface area contributed by atoms with E-state index in [-0.39, 0.29) is 0 Å². The summed E-state index contributed by atoms with van der Waals surface area (Å²) in [5, 5.41) is 4.28. The predicted molar refractivity (Wildman–Crippen MR) is 78.3 cm³/mol. The van der Waals surface area contributed by atoms with Crippen LogP contribution in [0.15, 0.2) is 18.2 Å². The van der Waals surface area contributed by atoms with Crippen molar-refractivity contribution >= 4 is 23.0 Å². The maximum Gasteiger partial charge on any atom is 0.0659 e. The molecule has 0 spiro atoms. The van der Waals surface area contributed by atoms with E-state index >= 15 is 0 Å². The summed E-state index contributed by atoms with van der Waals surface area (Å²) in [4.78, 5) is 2.02. The SMILES string of the molecule is CCC(C)C(C)Nc1ccc(N(C)C)c(Cl)c1. The molecule has 2 unspecified atom stereocenters. The third-order valence-electron chi connectivity index (χ3n) is 3.32. The summed E-state index contributed by atoms with van der Waals surface area (Å²) in [6.07, 6.45) is 1.18. The lowest BCUT2D eigenvalue weighted by atomic mass is 10.0. The van der Waals surface area contributed by atoms with Crippen LogP contribution < -0.4 is 10.2 Å². The first-order valence-corrected chi connectivity index (χ1v) is 6.57. The fourth-order valence-electron chi connectivity index (χ4n) is 1.72. The first-order chi connectivity index (χ1) is 7.95. The Bertz CT molecular complexity index is 363. The average Bonchev–Trinajstić information content (AvgIpc) is 2.27. The highest BCUT2D eigenvalue weighted by atomic mass is 35.5. The van der Waals surface area contributed by atoms with Crippen LogP contribution in [0, 0.1) is 5.92 Å². The number of nitrogens with one attached hydrogen (secondary N) is 1. The van der Waals surface area contributed by atoms with Gasteiger partial charge < -0.3 is 10.2 Å². The first-order valence-electron chi connectivity index (χ1n) is 6.19. The molecule has 1 rings (SSSR count). The molecule has 0 radical (unpaired) electrons. The van der Waals surface area contributed by atoms with E-state index in [0.717, 1.165) is 16.4 Å². The Hall–Kier alpha value is -0.890. The topological polar surface area (TPSA) is 15.3 Å². The molecule has 0 fully saturated rings. The van der Waals surface area contributed by atoms with E-state index in [9.17, 15) is 0 Å². The fraction of sp³-hybridized carbons (Fsp3) is 0.571. The monoisotopic (exact) mass is 254 g/mol. The van der Waals surface area contributed by atoms with E-state index in [1.165, 1.54) is 6.42 Å². The first kappa shape index (κ1) is 14.2. The molecule has 1 aromatic carbocycles. The van der Waals surface area contributed by atoms with Gasteiger partial charge >= 0.3 is 0 Å². The van der Waals surface area contributed by atoms with Gasteiger partial charge in [0.2, 0.25) is 0 Å². The molecule has 0 aliphatic heterocycles. The summed E-state index contributed by atoms with van der Waals surface area (Å²) in [6.45, 7) is 6.68. The second kappa shape index (κ2) is 6.15. The largest absolute Gasteiger partial charge is 0.382 e. The van der Waals surface area contributed by atoms with Gasteiger partial charge in [0, 0.05) is 25.8 Å². The summed E-state index contributed by atoms with van der Waals surface area (Å²) in [6, 6.07) is 6.59. The van der Waals surface area contributed by atoms with Gasteiger partial charge in [-0.3, -0.25) is 0 Å². The summed E-state index contributed by atoms with van der Waals surface area (Å²) in [5.41, 5.74) is 2.14. The minimum atomic E-state index is 0.460. The van der Waals surface area contributed by atoms with E-state index in [1.54, 1.807) is 0 Å². The summed E-state index contributed by atoms with van der Waals surface area (Å²) in [7, 11) is 3.99. The number of rotatable bonds is 5. The van der Waals surface area contributed by atoms with Gasteiger partial charge in [-0.15, -0.1) is 0 Å². The fourth-order valence-corrected chi connectivity index (χ4v) is 2.07. The Morgan fingerprint density at radius 1 is 1.29 bits per heavy atom. The molecule has 1 aromatic rings. The third-order valence-corrected chi connectivity index (χ3v) is 3.62. The Morgan fingerprint density at radius 3 is 2.41 bits per heavy atom. The van der Waals surface area contributed by atoms with Crippen molar-refractivity contribution in [3.05, 3.63) is 23.2 Å². The van der Waals surface area contributed by atoms with Crippen LogP contribution in [0.4, 0.5) is 11.4 Å². The normalized spacial score (nSPS) is 14.2. The van der Waals surface area contributed by atoms with Gasteiger partial charge in [-0.1, -0.05) is 31.9 Å². The third kappa shape index (κ3) is 3.81. The molecule has 2 atom stereocenters. The smallest absolute Gasteiger partial charge is 0.0659 e. The quantitative estimate of drug-likeness (QED) is 0.845. The van der Waals surface area contributed by atoms with Crippen molar-refractivity contribution in [1.29, 1.82) is 0 Å². The van der Waals surface area contributed by atoms with Gasteiger partial charge in [0.05, 0.1) is 10.7 Å². The Balaban J connectivity index is 2.77. The molecule has 0 amide bonds. The lowest BCUT2D eigenvalue weighted by Gasteiger charge is -2.22. The number of halogens is 1. The minimum absolute atomic E-state index is 0.460. The van der Waals surface area contributed by atoms with Crippen molar-refractivity contribution in [2.75, 3.05) is 24.3 Å². The molecule has 2 nitrogen and oxygen atoms in total. The molecule has 0 aromatic heterocycles. The van der Waals surface area contributed by atoms with Crippen LogP contribution in [0.2, 0.25) is 5.02 Å². The molecule has 0 aliphatic carbocycles. The van der Waals surface area contributed by atoms with Crippen molar-refractivity contribution in [2.24, 2.45) is 5.92 Å². The van der Waals surface area contributed by atoms with Gasteiger partial charge in [0.25, 0.3) is 0 Å². The van der Waals surface area contributed by atoms with Crippen molar-refractivity contribution in [2.45, 2.75) is 33.2 Å². The highest BCUT2D eigenvalue weighted by molar-refractivity contribution is 6.33. The van der Waals surface area contributed by atoms with E-state index in [4.69, 9.17) is 11.6 Å². The molecule has 3 heteroatoms. The van der Waals surface area contributed by atoms with E-state index in [2.05, 4.69) is 32.2 Å². The van der Waals surface area contributed by atoms with Crippen LogP contribution in [-0.2, 0) is 0 Å². The van der Waals surface area contributed by atoms with Crippen molar-refractivity contribution in [1.82, 2.24) is 0 Å². The van der Waals surface area contributed by atoms with Gasteiger partial charge in [-0.25, -0.2) is 0 Å². The lowest BCUT2D eigenvalue weighted by Crippen LogP contribution is -2.23. The van der Waals surface area contributed by atoms with E-state index in [0.29, 0.717) is 12.0 Å². The van der Waals surface area contributed by atoms with Crippen LogP contribution in [-0.4, -0.2) is 20.1 Å². The Morgan fingerprint density at radius 2 is 1.94 bits per heavy atom. The Kier molecular flexibility index (Phi) is 5.13. The maximum atomic E-state index is 6.24. The van der Waals surface area contributed by atoms with Crippen LogP contribution in [0.25, 0.3) is 0 Å². The summed E-state index contributed by atoms with van der Waals surface area (Å²) < 4.78 is 0. The van der Waals surface area contributed by atoms with Crippen molar-refractivity contribution < 1.29 is 0 Å². The predicted octanol–water partition coefficient (Wildman–Crippen LogP) is 4.25. The second-order valence-electron chi connectivity index (χ2n) is 4.88. The van der Waals surface area contributed by atoms with Gasteiger partial charge in [-0.05, 0) is 31.0 Å². The molecular weight excluding hydrogens is 232 g/mol. The van der Waals surface area contributed by atoms with Gasteiger partial charge in [-0.2, -0.15) is 0 Å². The van der Waals surface area contributed by atoms with Crippen LogP contribution in [0.5, 0.6) is 0 Å². The maximum absolute atomic E-state index is 6.24. The van der Waals surface area contributed by atoms with Crippen molar-refractivity contribution in [3.8, 4) is 0 Å². The van der Waals surface area contributed by atoms with Gasteiger partial charge in [0.15, 0.2) is 0 Å². The van der Waals surface area contributed by atoms with Gasteiger partial charge in [0.1, 0.15) is 0 Å². The molecule has 0 saturated heterocycles.